The van der Waals surface area contributed by atoms with E-state index >= 15 is 0 Å². The summed E-state index contributed by atoms with van der Waals surface area (Å²) in [7, 11) is 0. The Kier molecular flexibility index (Phi) is 6.42. The summed E-state index contributed by atoms with van der Waals surface area (Å²) in [5.41, 5.74) is 3.90. The van der Waals surface area contributed by atoms with Crippen LogP contribution in [0.15, 0.2) is 34.7 Å². The number of terminal acetylenes is 1. The second-order valence-electron chi connectivity index (χ2n) is 11.1. The lowest BCUT2D eigenvalue weighted by Gasteiger charge is -2.49. The average Bonchev–Trinajstić information content (AvgIpc) is 2.70. The molecule has 2 aliphatic carbocycles. The maximum Gasteiger partial charge on any atom is 0.162 e. The third kappa shape index (κ3) is 4.30. The van der Waals surface area contributed by atoms with Gasteiger partial charge < -0.3 is 9.64 Å². The zero-order valence-electron chi connectivity index (χ0n) is 20.5. The SMILES string of the molecule is C#CCOc1c(Cl)cc(C2C3=C(CC(C)(C)CC3=O)N(CC)C3=C2C(=O)CC(C)(C)C3)cc1Cl. The molecule has 0 fully saturated rings. The standard InChI is InChI=1S/C28H31Cl2NO3/c1-7-9-34-26-17(29)10-16(11-18(26)30)23-24-19(12-27(3,4)14-21(24)32)31(8-2)20-13-28(5,6)15-22(33)25(20)23/h1,10-11,23H,8-9,12-15H2,2-6H3. The fourth-order valence-electron chi connectivity index (χ4n) is 5.76. The Morgan fingerprint density at radius 3 is 1.85 bits per heavy atom. The highest BCUT2D eigenvalue weighted by molar-refractivity contribution is 6.37. The highest BCUT2D eigenvalue weighted by Crippen LogP contribution is 2.55. The van der Waals surface area contributed by atoms with Gasteiger partial charge in [-0.05, 0) is 48.3 Å². The molecule has 0 unspecified atom stereocenters. The molecule has 0 radical (unpaired) electrons. The molecule has 34 heavy (non-hydrogen) atoms. The Morgan fingerprint density at radius 1 is 0.971 bits per heavy atom. The molecule has 0 aromatic heterocycles. The van der Waals surface area contributed by atoms with Gasteiger partial charge in [-0.1, -0.05) is 56.8 Å². The molecule has 4 nitrogen and oxygen atoms in total. The van der Waals surface area contributed by atoms with Gasteiger partial charge in [0.05, 0.1) is 10.0 Å². The van der Waals surface area contributed by atoms with Crippen molar-refractivity contribution in [3.8, 4) is 18.1 Å². The van der Waals surface area contributed by atoms with Gasteiger partial charge in [0.15, 0.2) is 17.3 Å². The Bertz CT molecular complexity index is 1110. The minimum absolute atomic E-state index is 0.0411. The molecule has 1 aromatic carbocycles. The number of rotatable bonds is 4. The number of halogens is 2. The molecule has 6 heteroatoms. The Labute approximate surface area is 212 Å². The molecule has 0 bridgehead atoms. The first kappa shape index (κ1) is 24.9. The zero-order valence-corrected chi connectivity index (χ0v) is 22.0. The van der Waals surface area contributed by atoms with E-state index in [2.05, 4.69) is 45.4 Å². The molecule has 0 saturated heterocycles. The number of hydrogen-bond donors (Lipinski definition) is 0. The van der Waals surface area contributed by atoms with Crippen LogP contribution in [0.1, 0.15) is 71.8 Å². The molecular weight excluding hydrogens is 469 g/mol. The fraction of sp³-hybridized carbons (Fsp3) is 0.500. The molecule has 1 heterocycles. The van der Waals surface area contributed by atoms with Crippen LogP contribution in [0.5, 0.6) is 5.75 Å². The van der Waals surface area contributed by atoms with E-state index in [-0.39, 0.29) is 29.0 Å². The van der Waals surface area contributed by atoms with Crippen molar-refractivity contribution in [1.82, 2.24) is 4.90 Å². The highest BCUT2D eigenvalue weighted by Gasteiger charge is 2.48. The first-order chi connectivity index (χ1) is 15.9. The highest BCUT2D eigenvalue weighted by atomic mass is 35.5. The second-order valence-corrected chi connectivity index (χ2v) is 11.9. The van der Waals surface area contributed by atoms with E-state index in [0.29, 0.717) is 46.3 Å². The number of ketones is 2. The number of carbonyl (C=O) groups is 2. The van der Waals surface area contributed by atoms with Crippen LogP contribution in [-0.4, -0.2) is 29.6 Å². The van der Waals surface area contributed by atoms with Crippen LogP contribution in [-0.2, 0) is 9.59 Å². The second kappa shape index (κ2) is 8.77. The van der Waals surface area contributed by atoms with Crippen LogP contribution in [0.25, 0.3) is 0 Å². The van der Waals surface area contributed by atoms with Crippen LogP contribution in [0.3, 0.4) is 0 Å². The molecule has 1 aromatic rings. The molecule has 0 amide bonds. The van der Waals surface area contributed by atoms with Crippen molar-refractivity contribution in [3.63, 3.8) is 0 Å². The van der Waals surface area contributed by atoms with Crippen molar-refractivity contribution < 1.29 is 14.3 Å². The molecule has 1 aliphatic heterocycles. The van der Waals surface area contributed by atoms with Crippen LogP contribution in [0, 0.1) is 23.2 Å². The van der Waals surface area contributed by atoms with Gasteiger partial charge in [0.1, 0.15) is 6.61 Å². The van der Waals surface area contributed by atoms with Gasteiger partial charge in [-0.2, -0.15) is 0 Å². The summed E-state index contributed by atoms with van der Waals surface area (Å²) in [6.07, 6.45) is 7.74. The summed E-state index contributed by atoms with van der Waals surface area (Å²) >= 11 is 13.1. The maximum absolute atomic E-state index is 13.6. The third-order valence-electron chi connectivity index (χ3n) is 6.99. The quantitative estimate of drug-likeness (QED) is 0.431. The van der Waals surface area contributed by atoms with Crippen molar-refractivity contribution in [2.45, 2.75) is 66.2 Å². The lowest BCUT2D eigenvalue weighted by Crippen LogP contribution is -2.44. The summed E-state index contributed by atoms with van der Waals surface area (Å²) in [4.78, 5) is 29.5. The first-order valence-corrected chi connectivity index (χ1v) is 12.5. The third-order valence-corrected chi connectivity index (χ3v) is 7.55. The number of hydrogen-bond acceptors (Lipinski definition) is 4. The van der Waals surface area contributed by atoms with Crippen molar-refractivity contribution in [1.29, 1.82) is 0 Å². The van der Waals surface area contributed by atoms with E-state index in [1.165, 1.54) is 0 Å². The lowest BCUT2D eigenvalue weighted by molar-refractivity contribution is -0.119. The van der Waals surface area contributed by atoms with Crippen molar-refractivity contribution in [2.24, 2.45) is 10.8 Å². The molecule has 180 valence electrons. The molecular formula is C28H31Cl2NO3. The van der Waals surface area contributed by atoms with Crippen LogP contribution < -0.4 is 4.74 Å². The van der Waals surface area contributed by atoms with Gasteiger partial charge in [0, 0.05) is 47.8 Å². The number of ether oxygens (including phenoxy) is 1. The molecule has 4 rings (SSSR count). The Balaban J connectivity index is 1.97. The number of Topliss-reactive ketones (excluding diaryl/α,β-unsaturated/α-hetero) is 2. The van der Waals surface area contributed by atoms with Gasteiger partial charge in [-0.3, -0.25) is 9.59 Å². The van der Waals surface area contributed by atoms with E-state index in [0.717, 1.165) is 29.8 Å². The number of carbonyl (C=O) groups excluding carboxylic acids is 2. The molecule has 0 saturated carbocycles. The minimum atomic E-state index is -0.489. The van der Waals surface area contributed by atoms with Gasteiger partial charge in [-0.25, -0.2) is 0 Å². The van der Waals surface area contributed by atoms with Gasteiger partial charge in [0.2, 0.25) is 0 Å². The van der Waals surface area contributed by atoms with E-state index in [1.54, 1.807) is 12.1 Å². The lowest BCUT2D eigenvalue weighted by atomic mass is 9.63. The van der Waals surface area contributed by atoms with Crippen LogP contribution in [0.4, 0.5) is 0 Å². The maximum atomic E-state index is 13.6. The zero-order chi connectivity index (χ0) is 25.0. The summed E-state index contributed by atoms with van der Waals surface area (Å²) in [5.74, 6) is 2.40. The van der Waals surface area contributed by atoms with Crippen molar-refractivity contribution >= 4 is 34.8 Å². The predicted octanol–water partition coefficient (Wildman–Crippen LogP) is 6.71. The Morgan fingerprint density at radius 2 is 1.44 bits per heavy atom. The number of benzene rings is 1. The van der Waals surface area contributed by atoms with E-state index in [4.69, 9.17) is 34.4 Å². The molecule has 0 spiro atoms. The van der Waals surface area contributed by atoms with Crippen LogP contribution >= 0.6 is 23.2 Å². The summed E-state index contributed by atoms with van der Waals surface area (Å²) in [6, 6.07) is 3.53. The summed E-state index contributed by atoms with van der Waals surface area (Å²) in [6.45, 7) is 11.3. The average molecular weight is 500 g/mol. The predicted molar refractivity (Wildman–Crippen MR) is 136 cm³/mol. The summed E-state index contributed by atoms with van der Waals surface area (Å²) in [5, 5.41) is 0.624. The normalized spacial score (nSPS) is 21.9. The largest absolute Gasteiger partial charge is 0.478 e. The minimum Gasteiger partial charge on any atom is -0.478 e. The van der Waals surface area contributed by atoms with Crippen molar-refractivity contribution in [2.75, 3.05) is 13.2 Å². The fourth-order valence-corrected chi connectivity index (χ4v) is 6.37. The number of nitrogens with zero attached hydrogens (tertiary/aromatic N) is 1. The summed E-state index contributed by atoms with van der Waals surface area (Å²) < 4.78 is 5.54. The van der Waals surface area contributed by atoms with Gasteiger partial charge in [-0.15, -0.1) is 6.42 Å². The smallest absolute Gasteiger partial charge is 0.162 e. The van der Waals surface area contributed by atoms with E-state index in [9.17, 15) is 9.59 Å². The van der Waals surface area contributed by atoms with E-state index in [1.807, 2.05) is 0 Å². The first-order valence-electron chi connectivity index (χ1n) is 11.7. The van der Waals surface area contributed by atoms with E-state index < -0.39 is 5.92 Å². The number of allylic oxidation sites excluding steroid dienone is 4. The monoisotopic (exact) mass is 499 g/mol. The topological polar surface area (TPSA) is 46.6 Å². The molecule has 0 atom stereocenters. The molecule has 0 N–H and O–H groups in total. The van der Waals surface area contributed by atoms with Gasteiger partial charge >= 0.3 is 0 Å². The van der Waals surface area contributed by atoms with Gasteiger partial charge in [0.25, 0.3) is 0 Å². The van der Waals surface area contributed by atoms with Crippen molar-refractivity contribution in [3.05, 3.63) is 50.3 Å². The molecule has 3 aliphatic rings. The van der Waals surface area contributed by atoms with Crippen LogP contribution in [0.2, 0.25) is 10.0 Å². The Hall–Kier alpha value is -2.22.